The summed E-state index contributed by atoms with van der Waals surface area (Å²) in [4.78, 5) is 22.0. The number of hydrogen-bond donors (Lipinski definition) is 1. The van der Waals surface area contributed by atoms with Gasteiger partial charge in [0.05, 0.1) is 18.3 Å². The Labute approximate surface area is 128 Å². The van der Waals surface area contributed by atoms with Crippen LogP contribution in [0.15, 0.2) is 39.4 Å². The van der Waals surface area contributed by atoms with Crippen molar-refractivity contribution in [1.82, 2.24) is 0 Å². The number of methoxy groups -OCH3 is 1. The Kier molecular flexibility index (Phi) is 4.59. The number of carbonyl (C=O) groups excluding carboxylic acids is 1. The van der Waals surface area contributed by atoms with E-state index in [9.17, 15) is 14.9 Å². The number of carbonyl (C=O) groups is 1. The lowest BCUT2D eigenvalue weighted by atomic mass is 10.2. The van der Waals surface area contributed by atoms with Crippen LogP contribution in [0, 0.1) is 10.1 Å². The van der Waals surface area contributed by atoms with Gasteiger partial charge in [-0.1, -0.05) is 15.9 Å². The molecule has 0 unspecified atom stereocenters. The number of ether oxygens (including phenoxy) is 1. The SMILES string of the molecule is COC(=O)c1occc1CNc1ccc(Br)cc1[N+](=O)[O-]. The molecule has 0 saturated carbocycles. The number of nitrogens with one attached hydrogen (secondary N) is 1. The summed E-state index contributed by atoms with van der Waals surface area (Å²) in [6, 6.07) is 6.27. The Hall–Kier alpha value is -2.35. The van der Waals surface area contributed by atoms with E-state index in [-0.39, 0.29) is 18.0 Å². The van der Waals surface area contributed by atoms with E-state index in [1.807, 2.05) is 0 Å². The summed E-state index contributed by atoms with van der Waals surface area (Å²) in [5.74, 6) is -0.521. The number of rotatable bonds is 5. The van der Waals surface area contributed by atoms with E-state index in [0.29, 0.717) is 15.7 Å². The van der Waals surface area contributed by atoms with Crippen molar-refractivity contribution >= 4 is 33.3 Å². The predicted octanol–water partition coefficient (Wildman–Crippen LogP) is 3.35. The van der Waals surface area contributed by atoms with E-state index in [2.05, 4.69) is 26.0 Å². The maximum atomic E-state index is 11.5. The van der Waals surface area contributed by atoms with Crippen molar-refractivity contribution in [3.05, 3.63) is 56.4 Å². The highest BCUT2D eigenvalue weighted by atomic mass is 79.9. The van der Waals surface area contributed by atoms with Crippen LogP contribution in [0.4, 0.5) is 11.4 Å². The number of esters is 1. The molecule has 0 aliphatic heterocycles. The second-order valence-electron chi connectivity index (χ2n) is 4.04. The van der Waals surface area contributed by atoms with Gasteiger partial charge in [-0.2, -0.15) is 0 Å². The lowest BCUT2D eigenvalue weighted by Gasteiger charge is -2.07. The fourth-order valence-electron chi connectivity index (χ4n) is 1.74. The van der Waals surface area contributed by atoms with E-state index < -0.39 is 10.9 Å². The third-order valence-corrected chi connectivity index (χ3v) is 3.24. The molecule has 1 heterocycles. The molecule has 0 bridgehead atoms. The Morgan fingerprint density at radius 1 is 1.48 bits per heavy atom. The molecule has 2 aromatic rings. The highest BCUT2D eigenvalue weighted by molar-refractivity contribution is 9.10. The van der Waals surface area contributed by atoms with E-state index in [1.54, 1.807) is 18.2 Å². The molecule has 21 heavy (non-hydrogen) atoms. The molecule has 0 radical (unpaired) electrons. The zero-order valence-corrected chi connectivity index (χ0v) is 12.5. The van der Waals surface area contributed by atoms with Crippen molar-refractivity contribution in [2.75, 3.05) is 12.4 Å². The molecule has 110 valence electrons. The van der Waals surface area contributed by atoms with Crippen LogP contribution in [0.25, 0.3) is 0 Å². The molecule has 0 atom stereocenters. The molecule has 1 aromatic carbocycles. The Morgan fingerprint density at radius 3 is 2.90 bits per heavy atom. The third kappa shape index (κ3) is 3.40. The van der Waals surface area contributed by atoms with E-state index in [1.165, 1.54) is 19.4 Å². The predicted molar refractivity (Wildman–Crippen MR) is 78.2 cm³/mol. The Morgan fingerprint density at radius 2 is 2.24 bits per heavy atom. The molecule has 0 saturated heterocycles. The maximum Gasteiger partial charge on any atom is 0.374 e. The largest absolute Gasteiger partial charge is 0.463 e. The zero-order valence-electron chi connectivity index (χ0n) is 11.0. The molecule has 2 rings (SSSR count). The number of hydrogen-bond acceptors (Lipinski definition) is 6. The molecular formula is C13H11BrN2O5. The van der Waals surface area contributed by atoms with E-state index >= 15 is 0 Å². The first kappa shape index (κ1) is 15.0. The smallest absolute Gasteiger partial charge is 0.374 e. The van der Waals surface area contributed by atoms with Crippen LogP contribution in [0.1, 0.15) is 16.1 Å². The quantitative estimate of drug-likeness (QED) is 0.502. The standard InChI is InChI=1S/C13H11BrN2O5/c1-20-13(17)12-8(4-5-21-12)7-15-10-3-2-9(14)6-11(10)16(18)19/h2-6,15H,7H2,1H3. The Bertz CT molecular complexity index is 683. The molecule has 0 spiro atoms. The molecule has 1 N–H and O–H groups in total. The number of nitro groups is 1. The summed E-state index contributed by atoms with van der Waals surface area (Å²) < 4.78 is 10.2. The van der Waals surface area contributed by atoms with Crippen molar-refractivity contribution in [3.63, 3.8) is 0 Å². The number of anilines is 1. The fourth-order valence-corrected chi connectivity index (χ4v) is 2.09. The van der Waals surface area contributed by atoms with Gasteiger partial charge >= 0.3 is 5.97 Å². The van der Waals surface area contributed by atoms with Gasteiger partial charge in [0, 0.05) is 22.6 Å². The van der Waals surface area contributed by atoms with Gasteiger partial charge in [0.15, 0.2) is 0 Å². The van der Waals surface area contributed by atoms with E-state index in [4.69, 9.17) is 4.42 Å². The van der Waals surface area contributed by atoms with Crippen LogP contribution in [-0.4, -0.2) is 18.0 Å². The molecule has 7 nitrogen and oxygen atoms in total. The minimum atomic E-state index is -0.595. The van der Waals surface area contributed by atoms with Crippen LogP contribution >= 0.6 is 15.9 Å². The van der Waals surface area contributed by atoms with Crippen LogP contribution in [0.3, 0.4) is 0 Å². The molecule has 1 aromatic heterocycles. The summed E-state index contributed by atoms with van der Waals surface area (Å²) in [5, 5.41) is 13.9. The van der Waals surface area contributed by atoms with Gasteiger partial charge in [0.25, 0.3) is 5.69 Å². The van der Waals surface area contributed by atoms with Crippen molar-refractivity contribution < 1.29 is 18.9 Å². The molecule has 8 heteroatoms. The molecule has 0 aliphatic rings. The highest BCUT2D eigenvalue weighted by Crippen LogP contribution is 2.28. The van der Waals surface area contributed by atoms with Gasteiger partial charge in [-0.15, -0.1) is 0 Å². The van der Waals surface area contributed by atoms with E-state index in [0.717, 1.165) is 0 Å². The summed E-state index contributed by atoms with van der Waals surface area (Å²) in [6.45, 7) is 0.198. The van der Waals surface area contributed by atoms with Crippen molar-refractivity contribution in [2.45, 2.75) is 6.54 Å². The molecule has 0 aliphatic carbocycles. The number of furan rings is 1. The lowest BCUT2D eigenvalue weighted by molar-refractivity contribution is -0.384. The Balaban J connectivity index is 2.19. The van der Waals surface area contributed by atoms with Crippen molar-refractivity contribution in [3.8, 4) is 0 Å². The van der Waals surface area contributed by atoms with Crippen LogP contribution in [0.5, 0.6) is 0 Å². The van der Waals surface area contributed by atoms with Gasteiger partial charge in [-0.05, 0) is 18.2 Å². The van der Waals surface area contributed by atoms with Crippen LogP contribution in [0.2, 0.25) is 0 Å². The van der Waals surface area contributed by atoms with Crippen LogP contribution < -0.4 is 5.32 Å². The zero-order chi connectivity index (χ0) is 15.4. The first-order valence-electron chi connectivity index (χ1n) is 5.85. The fraction of sp³-hybridized carbons (Fsp3) is 0.154. The van der Waals surface area contributed by atoms with Crippen molar-refractivity contribution in [1.29, 1.82) is 0 Å². The minimum Gasteiger partial charge on any atom is -0.463 e. The molecular weight excluding hydrogens is 344 g/mol. The summed E-state index contributed by atoms with van der Waals surface area (Å²) in [7, 11) is 1.25. The molecule has 0 amide bonds. The molecule has 0 fully saturated rings. The number of benzene rings is 1. The van der Waals surface area contributed by atoms with Gasteiger partial charge < -0.3 is 14.5 Å². The first-order chi connectivity index (χ1) is 10.0. The summed E-state index contributed by atoms with van der Waals surface area (Å²) in [6.07, 6.45) is 1.36. The third-order valence-electron chi connectivity index (χ3n) is 2.74. The second-order valence-corrected chi connectivity index (χ2v) is 4.95. The second kappa shape index (κ2) is 6.40. The monoisotopic (exact) mass is 354 g/mol. The highest BCUT2D eigenvalue weighted by Gasteiger charge is 2.18. The van der Waals surface area contributed by atoms with Gasteiger partial charge in [0.2, 0.25) is 5.76 Å². The minimum absolute atomic E-state index is 0.0625. The first-order valence-corrected chi connectivity index (χ1v) is 6.64. The lowest BCUT2D eigenvalue weighted by Crippen LogP contribution is -2.07. The number of nitrogens with zero attached hydrogens (tertiary/aromatic N) is 1. The summed E-state index contributed by atoms with van der Waals surface area (Å²) in [5.41, 5.74) is 0.840. The number of nitro benzene ring substituents is 1. The van der Waals surface area contributed by atoms with Crippen LogP contribution in [-0.2, 0) is 11.3 Å². The topological polar surface area (TPSA) is 94.6 Å². The van der Waals surface area contributed by atoms with Crippen molar-refractivity contribution in [2.24, 2.45) is 0 Å². The van der Waals surface area contributed by atoms with Gasteiger partial charge in [0.1, 0.15) is 5.69 Å². The average Bonchev–Trinajstić information content (AvgIpc) is 2.93. The summed E-state index contributed by atoms with van der Waals surface area (Å²) >= 11 is 3.19. The maximum absolute atomic E-state index is 11.5. The number of halogens is 1. The normalized spacial score (nSPS) is 10.2. The average molecular weight is 355 g/mol. The van der Waals surface area contributed by atoms with Gasteiger partial charge in [-0.25, -0.2) is 4.79 Å². The van der Waals surface area contributed by atoms with Gasteiger partial charge in [-0.3, -0.25) is 10.1 Å².